The number of ketones is 1. The summed E-state index contributed by atoms with van der Waals surface area (Å²) in [7, 11) is -2.05. The van der Waals surface area contributed by atoms with Crippen LogP contribution in [-0.2, 0) is 21.3 Å². The number of nitro benzene ring substituents is 1. The van der Waals surface area contributed by atoms with E-state index in [1.807, 2.05) is 11.9 Å². The highest BCUT2D eigenvalue weighted by Crippen LogP contribution is 2.61. The number of aliphatic hydroxyl groups is 1. The summed E-state index contributed by atoms with van der Waals surface area (Å²) in [4.78, 5) is 44.4. The van der Waals surface area contributed by atoms with E-state index in [9.17, 15) is 33.2 Å². The predicted molar refractivity (Wildman–Crippen MR) is 156 cm³/mol. The van der Waals surface area contributed by atoms with Crippen molar-refractivity contribution in [2.45, 2.75) is 42.5 Å². The number of aromatic nitrogens is 1. The van der Waals surface area contributed by atoms with Gasteiger partial charge >= 0.3 is 0 Å². The molecule has 2 aromatic carbocycles. The second kappa shape index (κ2) is 9.44. The van der Waals surface area contributed by atoms with Crippen LogP contribution in [0.25, 0.3) is 0 Å². The number of nitro groups is 1. The van der Waals surface area contributed by atoms with Crippen LogP contribution in [0.5, 0.6) is 5.75 Å². The molecule has 4 aliphatic rings. The first-order valence-corrected chi connectivity index (χ1v) is 15.8. The van der Waals surface area contributed by atoms with E-state index < -0.39 is 43.7 Å². The maximum atomic E-state index is 14.3. The van der Waals surface area contributed by atoms with Crippen molar-refractivity contribution in [1.29, 1.82) is 0 Å². The van der Waals surface area contributed by atoms with E-state index >= 15 is 0 Å². The minimum Gasteiger partial charge on any atom is -0.454 e. The van der Waals surface area contributed by atoms with Crippen molar-refractivity contribution in [1.82, 2.24) is 19.5 Å². The van der Waals surface area contributed by atoms with Crippen molar-refractivity contribution in [2.24, 2.45) is 5.92 Å². The Kier molecular flexibility index (Phi) is 6.15. The van der Waals surface area contributed by atoms with Gasteiger partial charge in [-0.25, -0.2) is 8.42 Å². The average Bonchev–Trinajstić information content (AvgIpc) is 3.42. The molecule has 2 fully saturated rings. The number of carbonyl (C=O) groups excluding carboxylic acids is 2. The fraction of sp³-hybridized carbons (Fsp3) is 0.400. The first-order chi connectivity index (χ1) is 20.8. The second-order valence-corrected chi connectivity index (χ2v) is 14.1. The first kappa shape index (κ1) is 28.6. The van der Waals surface area contributed by atoms with Gasteiger partial charge in [0.05, 0.1) is 4.92 Å². The Morgan fingerprint density at radius 3 is 2.55 bits per heavy atom. The Balaban J connectivity index is 1.32. The number of ether oxygens (including phenoxy) is 1. The number of H-pyrrole nitrogens is 1. The summed E-state index contributed by atoms with van der Waals surface area (Å²) in [6.07, 6.45) is 0.962. The van der Waals surface area contributed by atoms with Crippen LogP contribution in [0.3, 0.4) is 0 Å². The monoisotopic (exact) mass is 621 g/mol. The molecule has 3 unspecified atom stereocenters. The molecule has 0 spiro atoms. The quantitative estimate of drug-likeness (QED) is 0.276. The van der Waals surface area contributed by atoms with Crippen molar-refractivity contribution in [3.63, 3.8) is 0 Å². The van der Waals surface area contributed by atoms with Crippen LogP contribution in [0.1, 0.15) is 62.4 Å². The molecule has 7 rings (SSSR count). The minimum atomic E-state index is -3.95. The minimum absolute atomic E-state index is 0.128. The highest BCUT2D eigenvalue weighted by Gasteiger charge is 2.73. The molecular weight excluding hydrogens is 590 g/mol. The fourth-order valence-electron chi connectivity index (χ4n) is 6.83. The molecule has 2 aliphatic carbocycles. The summed E-state index contributed by atoms with van der Waals surface area (Å²) in [5, 5.41) is 26.8. The van der Waals surface area contributed by atoms with E-state index in [-0.39, 0.29) is 52.2 Å². The summed E-state index contributed by atoms with van der Waals surface area (Å²) >= 11 is 0. The summed E-state index contributed by atoms with van der Waals surface area (Å²) in [6, 6.07) is 10.3. The smallest absolute Gasteiger partial charge is 0.280 e. The van der Waals surface area contributed by atoms with Crippen molar-refractivity contribution < 1.29 is 32.8 Å². The van der Waals surface area contributed by atoms with E-state index in [2.05, 4.69) is 17.2 Å². The molecule has 1 saturated heterocycles. The molecule has 1 aromatic heterocycles. The molecule has 4 atom stereocenters. The highest BCUT2D eigenvalue weighted by atomic mass is 32.2. The van der Waals surface area contributed by atoms with E-state index in [1.165, 1.54) is 22.5 Å². The molecule has 3 aromatic rings. The second-order valence-electron chi connectivity index (χ2n) is 12.2. The summed E-state index contributed by atoms with van der Waals surface area (Å²) in [5.41, 5.74) is -2.09. The Morgan fingerprint density at radius 1 is 1.18 bits per heavy atom. The standard InChI is InChI=1S/C30H31N5O8S/c1-16-13-20(16)18-7-8-21-23(15-18)43-30(38)25-19(5-4-6-22(25)35(39)40)27(36)29(21,30)32-28(37)26-17(2)14-24(31-26)44(41,42)34-11-9-33(3)10-12-34/h4-8,14-16,20,31,38H,9-13H2,1-3H3,(H,32,37)/t16-,20?,29?,30?/m0/s1. The van der Waals surface area contributed by atoms with E-state index in [1.54, 1.807) is 25.1 Å². The van der Waals surface area contributed by atoms with Gasteiger partial charge in [-0.15, -0.1) is 0 Å². The number of sulfonamides is 1. The van der Waals surface area contributed by atoms with Crippen LogP contribution in [0.2, 0.25) is 0 Å². The number of aromatic amines is 1. The molecule has 14 heteroatoms. The van der Waals surface area contributed by atoms with Crippen molar-refractivity contribution >= 4 is 27.4 Å². The van der Waals surface area contributed by atoms with Crippen molar-refractivity contribution in [3.8, 4) is 5.75 Å². The molecule has 3 N–H and O–H groups in total. The van der Waals surface area contributed by atoms with Crippen LogP contribution in [-0.4, -0.2) is 77.6 Å². The lowest BCUT2D eigenvalue weighted by Crippen LogP contribution is -2.60. The van der Waals surface area contributed by atoms with Gasteiger partial charge in [0, 0.05) is 43.4 Å². The summed E-state index contributed by atoms with van der Waals surface area (Å²) in [5.74, 6) is -3.48. The zero-order chi connectivity index (χ0) is 31.3. The van der Waals surface area contributed by atoms with Crippen molar-refractivity contribution in [3.05, 3.63) is 86.1 Å². The number of nitrogens with one attached hydrogen (secondary N) is 2. The topological polar surface area (TPSA) is 175 Å². The number of fused-ring (bicyclic) bond motifs is 5. The number of likely N-dealkylation sites (N-methyl/N-ethyl adjacent to an activating group) is 1. The van der Waals surface area contributed by atoms with Gasteiger partial charge in [-0.05, 0) is 55.5 Å². The lowest BCUT2D eigenvalue weighted by atomic mass is 9.82. The maximum absolute atomic E-state index is 14.3. The molecule has 13 nitrogen and oxygen atoms in total. The van der Waals surface area contributed by atoms with Gasteiger partial charge in [0.2, 0.25) is 11.3 Å². The number of benzene rings is 2. The molecule has 2 aliphatic heterocycles. The fourth-order valence-corrected chi connectivity index (χ4v) is 8.31. The lowest BCUT2D eigenvalue weighted by Gasteiger charge is -2.34. The van der Waals surface area contributed by atoms with Gasteiger partial charge in [-0.3, -0.25) is 19.7 Å². The number of aryl methyl sites for hydroxylation is 1. The van der Waals surface area contributed by atoms with Gasteiger partial charge in [0.25, 0.3) is 27.4 Å². The van der Waals surface area contributed by atoms with E-state index in [0.29, 0.717) is 24.6 Å². The van der Waals surface area contributed by atoms with Gasteiger partial charge in [0.1, 0.15) is 22.0 Å². The zero-order valence-electron chi connectivity index (χ0n) is 24.3. The third kappa shape index (κ3) is 3.84. The Morgan fingerprint density at radius 2 is 1.89 bits per heavy atom. The molecule has 0 bridgehead atoms. The highest BCUT2D eigenvalue weighted by molar-refractivity contribution is 7.89. The number of carbonyl (C=O) groups is 2. The van der Waals surface area contributed by atoms with Gasteiger partial charge < -0.3 is 25.0 Å². The number of amides is 1. The van der Waals surface area contributed by atoms with Crippen LogP contribution in [0, 0.1) is 23.0 Å². The molecular formula is C30H31N5O8S. The Hall–Kier alpha value is -4.11. The van der Waals surface area contributed by atoms with Gasteiger partial charge in [-0.2, -0.15) is 4.31 Å². The summed E-state index contributed by atoms with van der Waals surface area (Å²) < 4.78 is 34.2. The summed E-state index contributed by atoms with van der Waals surface area (Å²) in [6.45, 7) is 5.34. The lowest BCUT2D eigenvalue weighted by molar-refractivity contribution is -0.388. The van der Waals surface area contributed by atoms with E-state index in [4.69, 9.17) is 4.74 Å². The third-order valence-corrected chi connectivity index (χ3v) is 11.3. The number of nitrogens with zero attached hydrogens (tertiary/aromatic N) is 3. The maximum Gasteiger partial charge on any atom is 0.280 e. The van der Waals surface area contributed by atoms with E-state index in [0.717, 1.165) is 18.1 Å². The Bertz CT molecular complexity index is 1880. The van der Waals surface area contributed by atoms with Crippen LogP contribution < -0.4 is 10.1 Å². The predicted octanol–water partition coefficient (Wildman–Crippen LogP) is 2.35. The molecule has 230 valence electrons. The van der Waals surface area contributed by atoms with Gasteiger partial charge in [0.15, 0.2) is 0 Å². The molecule has 44 heavy (non-hydrogen) atoms. The first-order valence-electron chi connectivity index (χ1n) is 14.4. The van der Waals surface area contributed by atoms with Crippen LogP contribution in [0.4, 0.5) is 5.69 Å². The number of hydrogen-bond donors (Lipinski definition) is 3. The normalized spacial score (nSPS) is 27.8. The molecule has 1 amide bonds. The molecule has 1 saturated carbocycles. The number of rotatable bonds is 6. The molecule has 0 radical (unpaired) electrons. The van der Waals surface area contributed by atoms with Crippen LogP contribution >= 0.6 is 0 Å². The number of piperazine rings is 1. The Labute approximate surface area is 253 Å². The average molecular weight is 622 g/mol. The SMILES string of the molecule is Cc1cc(S(=O)(=O)N2CCN(C)CC2)[nH]c1C(=O)NC12C(=O)c3cccc([N+](=O)[O-])c3C1(O)Oc1cc(C3C[C@@H]3C)ccc12. The van der Waals surface area contributed by atoms with Crippen LogP contribution in [0.15, 0.2) is 47.5 Å². The molecule has 3 heterocycles. The third-order valence-electron chi connectivity index (χ3n) is 9.47. The number of hydrogen-bond acceptors (Lipinski definition) is 9. The number of Topliss-reactive ketones (excluding diaryl/α,β-unsaturated/α-hetero) is 1. The zero-order valence-corrected chi connectivity index (χ0v) is 25.1. The van der Waals surface area contributed by atoms with Crippen molar-refractivity contribution in [2.75, 3.05) is 33.2 Å². The van der Waals surface area contributed by atoms with Gasteiger partial charge in [-0.1, -0.05) is 31.2 Å². The largest absolute Gasteiger partial charge is 0.454 e.